The number of benzene rings is 3. The van der Waals surface area contributed by atoms with Gasteiger partial charge in [-0.25, -0.2) is 4.98 Å². The number of nitrogens with zero attached hydrogens (tertiary/aromatic N) is 2. The molecule has 0 saturated carbocycles. The van der Waals surface area contributed by atoms with Crippen LogP contribution in [0, 0.1) is 17.0 Å². The van der Waals surface area contributed by atoms with Gasteiger partial charge in [-0.2, -0.15) is 0 Å². The Bertz CT molecular complexity index is 1380. The highest BCUT2D eigenvalue weighted by molar-refractivity contribution is 6.13. The van der Waals surface area contributed by atoms with Crippen LogP contribution < -0.4 is 14.8 Å². The van der Waals surface area contributed by atoms with E-state index in [0.29, 0.717) is 39.2 Å². The fourth-order valence-corrected chi connectivity index (χ4v) is 3.60. The average Bonchev–Trinajstić information content (AvgIpc) is 2.83. The Labute approximate surface area is 189 Å². The van der Waals surface area contributed by atoms with E-state index in [2.05, 4.69) is 5.32 Å². The Kier molecular flexibility index (Phi) is 5.91. The van der Waals surface area contributed by atoms with E-state index in [4.69, 9.17) is 14.5 Å². The fourth-order valence-electron chi connectivity index (χ4n) is 3.60. The summed E-state index contributed by atoms with van der Waals surface area (Å²) in [5.74, 6) is 0.688. The van der Waals surface area contributed by atoms with Crippen molar-refractivity contribution in [1.82, 2.24) is 4.98 Å². The SMILES string of the molecule is COc1ccc(-c2cc(C(=O)Nc3ccc(C)cc3[N+](=O)[O-])c3ccccc3n2)c(OC)c1. The number of aryl methyl sites for hydroxylation is 1. The van der Waals surface area contributed by atoms with E-state index in [-0.39, 0.29) is 11.4 Å². The number of pyridine rings is 1. The van der Waals surface area contributed by atoms with Crippen LogP contribution in [0.2, 0.25) is 0 Å². The molecule has 3 aromatic carbocycles. The Morgan fingerprint density at radius 3 is 2.52 bits per heavy atom. The lowest BCUT2D eigenvalue weighted by Gasteiger charge is -2.13. The predicted octanol–water partition coefficient (Wildman–Crippen LogP) is 5.39. The highest BCUT2D eigenvalue weighted by atomic mass is 16.6. The van der Waals surface area contributed by atoms with Crippen molar-refractivity contribution in [3.63, 3.8) is 0 Å². The van der Waals surface area contributed by atoms with Crippen LogP contribution in [0.3, 0.4) is 0 Å². The number of nitrogens with one attached hydrogen (secondary N) is 1. The molecule has 33 heavy (non-hydrogen) atoms. The molecule has 4 aromatic rings. The zero-order valence-corrected chi connectivity index (χ0v) is 18.3. The molecule has 0 unspecified atom stereocenters. The maximum atomic E-state index is 13.3. The van der Waals surface area contributed by atoms with Gasteiger partial charge in [-0.1, -0.05) is 24.3 Å². The molecule has 0 atom stereocenters. The number of carbonyl (C=O) groups excluding carboxylic acids is 1. The van der Waals surface area contributed by atoms with Gasteiger partial charge in [-0.3, -0.25) is 14.9 Å². The second-order valence-electron chi connectivity index (χ2n) is 7.37. The summed E-state index contributed by atoms with van der Waals surface area (Å²) < 4.78 is 10.8. The highest BCUT2D eigenvalue weighted by Crippen LogP contribution is 2.35. The summed E-state index contributed by atoms with van der Waals surface area (Å²) in [6.07, 6.45) is 0. The number of methoxy groups -OCH3 is 2. The zero-order valence-electron chi connectivity index (χ0n) is 18.3. The number of fused-ring (bicyclic) bond motifs is 1. The van der Waals surface area contributed by atoms with E-state index < -0.39 is 10.8 Å². The maximum Gasteiger partial charge on any atom is 0.293 e. The molecule has 0 fully saturated rings. The molecule has 0 radical (unpaired) electrons. The first-order valence-electron chi connectivity index (χ1n) is 10.1. The zero-order chi connectivity index (χ0) is 23.5. The molecule has 0 aliphatic heterocycles. The van der Waals surface area contributed by atoms with Crippen molar-refractivity contribution >= 4 is 28.2 Å². The summed E-state index contributed by atoms with van der Waals surface area (Å²) in [5.41, 5.74) is 2.83. The van der Waals surface area contributed by atoms with Gasteiger partial charge in [0.1, 0.15) is 17.2 Å². The van der Waals surface area contributed by atoms with E-state index in [1.807, 2.05) is 12.1 Å². The first kappa shape index (κ1) is 21.8. The largest absolute Gasteiger partial charge is 0.497 e. The van der Waals surface area contributed by atoms with Gasteiger partial charge in [-0.15, -0.1) is 0 Å². The summed E-state index contributed by atoms with van der Waals surface area (Å²) >= 11 is 0. The van der Waals surface area contributed by atoms with Crippen LogP contribution in [-0.2, 0) is 0 Å². The van der Waals surface area contributed by atoms with E-state index in [1.165, 1.54) is 12.1 Å². The van der Waals surface area contributed by atoms with Crippen LogP contribution in [0.4, 0.5) is 11.4 Å². The molecule has 0 saturated heterocycles. The minimum absolute atomic E-state index is 0.125. The molecule has 1 N–H and O–H groups in total. The molecule has 0 aliphatic rings. The molecule has 1 amide bonds. The molecule has 1 heterocycles. The van der Waals surface area contributed by atoms with Crippen LogP contribution in [0.15, 0.2) is 66.7 Å². The summed E-state index contributed by atoms with van der Waals surface area (Å²) in [6, 6.07) is 18.9. The Hall–Kier alpha value is -4.46. The molecular weight excluding hydrogens is 422 g/mol. The summed E-state index contributed by atoms with van der Waals surface area (Å²) in [6.45, 7) is 1.75. The van der Waals surface area contributed by atoms with Crippen LogP contribution in [-0.4, -0.2) is 30.0 Å². The number of ether oxygens (including phenoxy) is 2. The topological polar surface area (TPSA) is 104 Å². The van der Waals surface area contributed by atoms with Gasteiger partial charge in [0, 0.05) is 23.1 Å². The lowest BCUT2D eigenvalue weighted by atomic mass is 10.0. The lowest BCUT2D eigenvalue weighted by Crippen LogP contribution is -2.14. The molecule has 8 heteroatoms. The molecule has 0 spiro atoms. The minimum Gasteiger partial charge on any atom is -0.497 e. The molecule has 4 rings (SSSR count). The molecule has 0 aliphatic carbocycles. The summed E-state index contributed by atoms with van der Waals surface area (Å²) in [5, 5.41) is 14.8. The van der Waals surface area contributed by atoms with Crippen molar-refractivity contribution in [1.29, 1.82) is 0 Å². The molecular formula is C25H21N3O5. The van der Waals surface area contributed by atoms with Gasteiger partial charge in [0.2, 0.25) is 0 Å². The number of anilines is 1. The van der Waals surface area contributed by atoms with Crippen molar-refractivity contribution in [3.8, 4) is 22.8 Å². The third kappa shape index (κ3) is 4.31. The smallest absolute Gasteiger partial charge is 0.293 e. The van der Waals surface area contributed by atoms with Crippen LogP contribution in [0.5, 0.6) is 11.5 Å². The van der Waals surface area contributed by atoms with Crippen molar-refractivity contribution < 1.29 is 19.2 Å². The van der Waals surface area contributed by atoms with E-state index >= 15 is 0 Å². The van der Waals surface area contributed by atoms with Crippen molar-refractivity contribution in [3.05, 3.63) is 88.0 Å². The highest BCUT2D eigenvalue weighted by Gasteiger charge is 2.20. The number of nitro benzene ring substituents is 1. The molecule has 1 aromatic heterocycles. The third-order valence-electron chi connectivity index (χ3n) is 5.24. The first-order valence-corrected chi connectivity index (χ1v) is 10.1. The quantitative estimate of drug-likeness (QED) is 0.317. The van der Waals surface area contributed by atoms with Gasteiger partial charge >= 0.3 is 0 Å². The monoisotopic (exact) mass is 443 g/mol. The van der Waals surface area contributed by atoms with Gasteiger partial charge in [0.05, 0.1) is 35.9 Å². The average molecular weight is 443 g/mol. The van der Waals surface area contributed by atoms with Crippen molar-refractivity contribution in [2.24, 2.45) is 0 Å². The summed E-state index contributed by atoms with van der Waals surface area (Å²) in [4.78, 5) is 29.0. The lowest BCUT2D eigenvalue weighted by molar-refractivity contribution is -0.384. The number of carbonyl (C=O) groups is 1. The molecule has 8 nitrogen and oxygen atoms in total. The van der Waals surface area contributed by atoms with Crippen LogP contribution in [0.1, 0.15) is 15.9 Å². The normalized spacial score (nSPS) is 10.6. The number of hydrogen-bond donors (Lipinski definition) is 1. The Balaban J connectivity index is 1.84. The minimum atomic E-state index is -0.513. The maximum absolute atomic E-state index is 13.3. The molecule has 0 bridgehead atoms. The van der Waals surface area contributed by atoms with Gasteiger partial charge in [0.25, 0.3) is 11.6 Å². The third-order valence-corrected chi connectivity index (χ3v) is 5.24. The van der Waals surface area contributed by atoms with Gasteiger partial charge in [-0.05, 0) is 42.8 Å². The number of rotatable bonds is 6. The van der Waals surface area contributed by atoms with E-state index in [0.717, 1.165) is 5.56 Å². The van der Waals surface area contributed by atoms with Crippen molar-refractivity contribution in [2.75, 3.05) is 19.5 Å². The Morgan fingerprint density at radius 1 is 1.00 bits per heavy atom. The number of para-hydroxylation sites is 1. The van der Waals surface area contributed by atoms with E-state index in [1.54, 1.807) is 63.6 Å². The fraction of sp³-hybridized carbons (Fsp3) is 0.120. The first-order chi connectivity index (χ1) is 15.9. The van der Waals surface area contributed by atoms with E-state index in [9.17, 15) is 14.9 Å². The second-order valence-corrected chi connectivity index (χ2v) is 7.37. The predicted molar refractivity (Wildman–Crippen MR) is 126 cm³/mol. The van der Waals surface area contributed by atoms with Gasteiger partial charge in [0.15, 0.2) is 0 Å². The summed E-state index contributed by atoms with van der Waals surface area (Å²) in [7, 11) is 3.11. The van der Waals surface area contributed by atoms with Crippen LogP contribution in [0.25, 0.3) is 22.2 Å². The molecule has 166 valence electrons. The Morgan fingerprint density at radius 2 is 1.79 bits per heavy atom. The van der Waals surface area contributed by atoms with Crippen molar-refractivity contribution in [2.45, 2.75) is 6.92 Å². The van der Waals surface area contributed by atoms with Crippen LogP contribution >= 0.6 is 0 Å². The standard InChI is InChI=1S/C25H21N3O5/c1-15-8-11-21(23(12-15)28(30)31)27-25(29)19-14-22(26-20-7-5-4-6-17(19)20)18-10-9-16(32-2)13-24(18)33-3/h4-14H,1-3H3,(H,27,29). The second kappa shape index (κ2) is 8.96. The number of aromatic nitrogens is 1. The number of hydrogen-bond acceptors (Lipinski definition) is 6. The van der Waals surface area contributed by atoms with Gasteiger partial charge < -0.3 is 14.8 Å². The number of nitro groups is 1. The number of amides is 1.